The number of ether oxygens (including phenoxy) is 1. The van der Waals surface area contributed by atoms with Gasteiger partial charge in [0.05, 0.1) is 24.6 Å². The molecular weight excluding hydrogens is 525 g/mol. The Morgan fingerprint density at radius 1 is 1.11 bits per heavy atom. The smallest absolute Gasteiger partial charge is 0.246 e. The van der Waals surface area contributed by atoms with Gasteiger partial charge in [-0.3, -0.25) is 0 Å². The Morgan fingerprint density at radius 2 is 1.89 bits per heavy atom. The molecule has 5 rings (SSSR count). The molecule has 0 aliphatic carbocycles. The van der Waals surface area contributed by atoms with Crippen LogP contribution in [0.25, 0.3) is 11.8 Å². The van der Waals surface area contributed by atoms with Gasteiger partial charge >= 0.3 is 0 Å². The summed E-state index contributed by atoms with van der Waals surface area (Å²) in [4.78, 5) is 2.51. The zero-order valence-corrected chi connectivity index (χ0v) is 21.4. The molecule has 0 amide bonds. The summed E-state index contributed by atoms with van der Waals surface area (Å²) in [5.74, 6) is -0.787. The number of hydrogen-bond donors (Lipinski definition) is 1. The van der Waals surface area contributed by atoms with E-state index in [0.717, 1.165) is 28.7 Å². The lowest BCUT2D eigenvalue weighted by atomic mass is 9.94. The zero-order chi connectivity index (χ0) is 26.0. The predicted molar refractivity (Wildman–Crippen MR) is 136 cm³/mol. The number of halogens is 3. The molecule has 37 heavy (non-hydrogen) atoms. The number of aromatic nitrogens is 2. The van der Waals surface area contributed by atoms with Crippen LogP contribution in [0.15, 0.2) is 47.9 Å². The quantitative estimate of drug-likeness (QED) is 0.480. The Morgan fingerprint density at radius 3 is 2.65 bits per heavy atom. The van der Waals surface area contributed by atoms with Crippen LogP contribution in [-0.2, 0) is 26.9 Å². The molecule has 0 radical (unpaired) electrons. The van der Waals surface area contributed by atoms with E-state index >= 15 is 0 Å². The van der Waals surface area contributed by atoms with Gasteiger partial charge in [-0.1, -0.05) is 12.1 Å². The van der Waals surface area contributed by atoms with Crippen molar-refractivity contribution in [1.29, 1.82) is 0 Å². The normalized spacial score (nSPS) is 18.8. The molecule has 1 unspecified atom stereocenters. The molecule has 12 heteroatoms. The molecule has 2 aliphatic rings. The van der Waals surface area contributed by atoms with Gasteiger partial charge < -0.3 is 4.74 Å². The van der Waals surface area contributed by atoms with E-state index in [2.05, 4.69) is 9.93 Å². The summed E-state index contributed by atoms with van der Waals surface area (Å²) in [6.07, 6.45) is 1.87. The third-order valence-electron chi connectivity index (χ3n) is 6.19. The number of rotatable bonds is 7. The van der Waals surface area contributed by atoms with Gasteiger partial charge in [0.15, 0.2) is 5.82 Å². The number of nitrogens with one attached hydrogen (secondary N) is 1. The monoisotopic (exact) mass is 550 g/mol. The number of hydrogen-bond acceptors (Lipinski definition) is 6. The highest BCUT2D eigenvalue weighted by Crippen LogP contribution is 2.39. The van der Waals surface area contributed by atoms with Crippen molar-refractivity contribution in [2.45, 2.75) is 18.1 Å². The van der Waals surface area contributed by atoms with E-state index in [1.165, 1.54) is 29.0 Å². The summed E-state index contributed by atoms with van der Waals surface area (Å²) < 4.78 is 74.4. The first-order valence-corrected chi connectivity index (χ1v) is 14.4. The summed E-state index contributed by atoms with van der Waals surface area (Å²) in [5.41, 5.74) is 2.68. The Hall–Kier alpha value is -2.64. The van der Waals surface area contributed by atoms with Crippen molar-refractivity contribution in [3.05, 3.63) is 87.8 Å². The molecule has 0 spiro atoms. The second-order valence-corrected chi connectivity index (χ2v) is 11.4. The van der Waals surface area contributed by atoms with E-state index < -0.39 is 21.7 Å². The lowest BCUT2D eigenvalue weighted by molar-refractivity contribution is 0.0274. The molecule has 7 nitrogen and oxygen atoms in total. The summed E-state index contributed by atoms with van der Waals surface area (Å²) in [5, 5.41) is 7.17. The van der Waals surface area contributed by atoms with Crippen molar-refractivity contribution in [1.82, 2.24) is 19.6 Å². The second-order valence-electron chi connectivity index (χ2n) is 8.84. The molecule has 0 saturated carbocycles. The lowest BCUT2D eigenvalue weighted by Crippen LogP contribution is -2.47. The lowest BCUT2D eigenvalue weighted by Gasteiger charge is -2.26. The summed E-state index contributed by atoms with van der Waals surface area (Å²) in [7, 11) is -3.82. The number of benzene rings is 2. The first-order chi connectivity index (χ1) is 17.8. The maximum Gasteiger partial charge on any atom is 0.246 e. The molecule has 1 fully saturated rings. The van der Waals surface area contributed by atoms with Crippen LogP contribution < -0.4 is 4.83 Å². The van der Waals surface area contributed by atoms with Crippen molar-refractivity contribution >= 4 is 27.9 Å². The van der Waals surface area contributed by atoms with Gasteiger partial charge in [-0.15, -0.1) is 4.83 Å². The van der Waals surface area contributed by atoms with Gasteiger partial charge in [-0.25, -0.2) is 31.3 Å². The zero-order valence-electron chi connectivity index (χ0n) is 19.7. The van der Waals surface area contributed by atoms with Gasteiger partial charge in [0.25, 0.3) is 0 Å². The van der Waals surface area contributed by atoms with Crippen molar-refractivity contribution in [3.63, 3.8) is 0 Å². The van der Waals surface area contributed by atoms with E-state index in [4.69, 9.17) is 4.74 Å². The van der Waals surface area contributed by atoms with Crippen molar-refractivity contribution < 1.29 is 26.3 Å². The fourth-order valence-electron chi connectivity index (χ4n) is 4.52. The summed E-state index contributed by atoms with van der Waals surface area (Å²) in [6.45, 7) is 1.72. The van der Waals surface area contributed by atoms with Crippen LogP contribution >= 0.6 is 11.8 Å². The molecule has 2 aliphatic heterocycles. The summed E-state index contributed by atoms with van der Waals surface area (Å²) in [6, 6.07) is 9.54. The van der Waals surface area contributed by atoms with E-state index in [1.54, 1.807) is 22.8 Å². The number of thioether (sulfide) groups is 1. The van der Waals surface area contributed by atoms with Gasteiger partial charge in [-0.2, -0.15) is 16.9 Å². The van der Waals surface area contributed by atoms with E-state index in [-0.39, 0.29) is 17.4 Å². The average molecular weight is 551 g/mol. The fraction of sp³-hybridized carbons (Fsp3) is 0.320. The van der Waals surface area contributed by atoms with Crippen molar-refractivity contribution in [3.8, 4) is 5.69 Å². The van der Waals surface area contributed by atoms with Crippen LogP contribution in [0.2, 0.25) is 0 Å². The number of sulfonamides is 1. The van der Waals surface area contributed by atoms with E-state index in [1.807, 2.05) is 6.07 Å². The topological polar surface area (TPSA) is 76.5 Å². The fourth-order valence-corrected chi connectivity index (χ4v) is 6.61. The maximum absolute atomic E-state index is 14.9. The van der Waals surface area contributed by atoms with Crippen LogP contribution in [0.5, 0.6) is 0 Å². The number of fused-ring (bicyclic) bond motifs is 1. The highest BCUT2D eigenvalue weighted by Gasteiger charge is 2.30. The molecule has 3 aromatic rings. The largest absolute Gasteiger partial charge is 0.379 e. The van der Waals surface area contributed by atoms with Crippen molar-refractivity contribution in [2.75, 3.05) is 32.1 Å². The van der Waals surface area contributed by atoms with Crippen LogP contribution in [0.4, 0.5) is 13.2 Å². The second kappa shape index (κ2) is 11.0. The molecule has 1 N–H and O–H groups in total. The molecule has 1 atom stereocenters. The summed E-state index contributed by atoms with van der Waals surface area (Å²) >= 11 is 1.64. The third-order valence-corrected chi connectivity index (χ3v) is 8.33. The van der Waals surface area contributed by atoms with Crippen LogP contribution in [0, 0.1) is 17.5 Å². The standard InChI is InChI=1S/C25H25F3N4O3S2/c26-19-3-1-2-17(13-19)12-18-15-36-16-21-23(6-11-37(33,34)30-31-7-9-35-10-8-31)29-32(25(18)21)24-5-4-20(27)14-22(24)28/h1-6,11,13-14,18,30H,7-10,12,15-16H2/b11-6+. The minimum absolute atomic E-state index is 0.0581. The Kier molecular flexibility index (Phi) is 7.72. The van der Waals surface area contributed by atoms with Crippen molar-refractivity contribution in [2.24, 2.45) is 0 Å². The number of hydrazine groups is 1. The Labute approximate surface area is 217 Å². The van der Waals surface area contributed by atoms with Crippen LogP contribution in [-0.4, -0.2) is 55.3 Å². The Bertz CT molecular complexity index is 1420. The van der Waals surface area contributed by atoms with Gasteiger partial charge in [0.1, 0.15) is 17.3 Å². The predicted octanol–water partition coefficient (Wildman–Crippen LogP) is 4.00. The number of nitrogens with zero attached hydrogens (tertiary/aromatic N) is 3. The first kappa shape index (κ1) is 26.0. The van der Waals surface area contributed by atoms with Crippen LogP contribution in [0.3, 0.4) is 0 Å². The number of morpholine rings is 1. The van der Waals surface area contributed by atoms with Gasteiger partial charge in [0.2, 0.25) is 10.0 Å². The first-order valence-electron chi connectivity index (χ1n) is 11.7. The van der Waals surface area contributed by atoms with E-state index in [9.17, 15) is 21.6 Å². The van der Waals surface area contributed by atoms with Crippen LogP contribution in [0.1, 0.15) is 28.4 Å². The molecule has 1 aromatic heterocycles. The van der Waals surface area contributed by atoms with Gasteiger partial charge in [-0.05, 0) is 42.3 Å². The molecule has 1 saturated heterocycles. The average Bonchev–Trinajstić information content (AvgIpc) is 3.23. The molecule has 2 aromatic carbocycles. The maximum atomic E-state index is 14.9. The minimum atomic E-state index is -3.82. The molecule has 0 bridgehead atoms. The molecule has 196 valence electrons. The van der Waals surface area contributed by atoms with E-state index in [0.29, 0.717) is 55.6 Å². The minimum Gasteiger partial charge on any atom is -0.379 e. The molecule has 3 heterocycles. The Balaban J connectivity index is 1.53. The SMILES string of the molecule is O=S(=O)(/C=C/c1nn(-c2ccc(F)cc2F)c2c1CSCC2Cc1cccc(F)c1)NN1CCOCC1. The highest BCUT2D eigenvalue weighted by molar-refractivity contribution is 7.98. The third kappa shape index (κ3) is 6.10. The van der Waals surface area contributed by atoms with Gasteiger partial charge in [0, 0.05) is 47.6 Å². The molecular formula is C25H25F3N4O3S2. The highest BCUT2D eigenvalue weighted by atomic mass is 32.2.